The Morgan fingerprint density at radius 1 is 0.931 bits per heavy atom. The Balaban J connectivity index is 1.90. The Kier molecular flexibility index (Phi) is 6.26. The topological polar surface area (TPSA) is 80.2 Å². The summed E-state index contributed by atoms with van der Waals surface area (Å²) in [6, 6.07) is 22.7. The van der Waals surface area contributed by atoms with Crippen LogP contribution in [0, 0.1) is 0 Å². The van der Waals surface area contributed by atoms with Gasteiger partial charge in [-0.3, -0.25) is 4.79 Å². The van der Waals surface area contributed by atoms with Crippen molar-refractivity contribution >= 4 is 12.1 Å². The van der Waals surface area contributed by atoms with E-state index in [1.54, 1.807) is 80.9 Å². The Labute approximate surface area is 169 Å². The molecule has 0 saturated heterocycles. The molecule has 0 bridgehead atoms. The molecule has 3 rings (SSSR count). The number of amides is 1. The lowest BCUT2D eigenvalue weighted by atomic mass is 9.85. The fourth-order valence-corrected chi connectivity index (χ4v) is 2.97. The summed E-state index contributed by atoms with van der Waals surface area (Å²) in [6.45, 7) is 0. The number of hydrazone groups is 1. The second kappa shape index (κ2) is 9.03. The molecule has 6 heteroatoms. The van der Waals surface area contributed by atoms with E-state index in [2.05, 4.69) is 10.5 Å². The van der Waals surface area contributed by atoms with Gasteiger partial charge in [0.25, 0.3) is 5.91 Å². The van der Waals surface area contributed by atoms with Crippen molar-refractivity contribution in [3.05, 3.63) is 95.6 Å². The van der Waals surface area contributed by atoms with Gasteiger partial charge in [-0.15, -0.1) is 0 Å². The number of hydrogen-bond donors (Lipinski definition) is 2. The van der Waals surface area contributed by atoms with Crippen LogP contribution in [0.2, 0.25) is 0 Å². The molecule has 0 aliphatic heterocycles. The van der Waals surface area contributed by atoms with Crippen LogP contribution in [0.15, 0.2) is 84.0 Å². The van der Waals surface area contributed by atoms with Crippen molar-refractivity contribution in [1.82, 2.24) is 5.43 Å². The van der Waals surface area contributed by atoms with Gasteiger partial charge >= 0.3 is 0 Å². The van der Waals surface area contributed by atoms with Crippen LogP contribution in [0.3, 0.4) is 0 Å². The molecule has 29 heavy (non-hydrogen) atoms. The predicted molar refractivity (Wildman–Crippen MR) is 111 cm³/mol. The Morgan fingerprint density at radius 3 is 2.03 bits per heavy atom. The fourth-order valence-electron chi connectivity index (χ4n) is 2.97. The third-order valence-electron chi connectivity index (χ3n) is 4.52. The van der Waals surface area contributed by atoms with Crippen LogP contribution in [0.25, 0.3) is 0 Å². The number of nitrogens with zero attached hydrogens (tertiary/aromatic N) is 1. The molecule has 0 heterocycles. The highest BCUT2D eigenvalue weighted by molar-refractivity contribution is 5.91. The molecule has 3 aromatic rings. The zero-order valence-electron chi connectivity index (χ0n) is 16.2. The number of hydrogen-bond acceptors (Lipinski definition) is 5. The molecular formula is C23H22N2O4. The summed E-state index contributed by atoms with van der Waals surface area (Å²) in [5, 5.41) is 15.4. The largest absolute Gasteiger partial charge is 0.497 e. The van der Waals surface area contributed by atoms with Crippen LogP contribution in [-0.4, -0.2) is 31.4 Å². The zero-order valence-corrected chi connectivity index (χ0v) is 16.2. The molecule has 0 radical (unpaired) electrons. The molecule has 0 unspecified atom stereocenters. The molecule has 0 spiro atoms. The summed E-state index contributed by atoms with van der Waals surface area (Å²) < 4.78 is 10.5. The van der Waals surface area contributed by atoms with Gasteiger partial charge in [-0.2, -0.15) is 5.10 Å². The Bertz CT molecular complexity index is 949. The first-order valence-corrected chi connectivity index (χ1v) is 8.98. The Hall–Kier alpha value is -3.64. The van der Waals surface area contributed by atoms with Crippen molar-refractivity contribution in [2.24, 2.45) is 5.10 Å². The van der Waals surface area contributed by atoms with E-state index in [0.29, 0.717) is 28.2 Å². The summed E-state index contributed by atoms with van der Waals surface area (Å²) in [7, 11) is 3.10. The second-order valence-electron chi connectivity index (χ2n) is 6.25. The van der Waals surface area contributed by atoms with Gasteiger partial charge in [-0.25, -0.2) is 5.43 Å². The predicted octanol–water partition coefficient (Wildman–Crippen LogP) is 3.09. The quantitative estimate of drug-likeness (QED) is 0.480. The molecular weight excluding hydrogens is 368 g/mol. The van der Waals surface area contributed by atoms with Gasteiger partial charge in [-0.1, -0.05) is 60.7 Å². The van der Waals surface area contributed by atoms with Crippen molar-refractivity contribution in [3.8, 4) is 11.5 Å². The summed E-state index contributed by atoms with van der Waals surface area (Å²) in [5.74, 6) is 0.529. The lowest BCUT2D eigenvalue weighted by Gasteiger charge is -2.27. The molecule has 0 aliphatic rings. The fraction of sp³-hybridized carbons (Fsp3) is 0.130. The molecule has 0 saturated carbocycles. The number of benzene rings is 3. The SMILES string of the molecule is COc1ccc(OC)c(/C=N\NC(=O)C(O)(c2ccccc2)c2ccccc2)c1. The monoisotopic (exact) mass is 390 g/mol. The summed E-state index contributed by atoms with van der Waals surface area (Å²) in [6.07, 6.45) is 1.44. The second-order valence-corrected chi connectivity index (χ2v) is 6.25. The third-order valence-corrected chi connectivity index (χ3v) is 4.52. The number of carbonyl (C=O) groups is 1. The van der Waals surface area contributed by atoms with Gasteiger partial charge in [0.2, 0.25) is 0 Å². The highest BCUT2D eigenvalue weighted by Gasteiger charge is 2.39. The van der Waals surface area contributed by atoms with Crippen LogP contribution in [0.5, 0.6) is 11.5 Å². The normalized spacial score (nSPS) is 11.3. The molecule has 148 valence electrons. The minimum Gasteiger partial charge on any atom is -0.497 e. The van der Waals surface area contributed by atoms with Crippen LogP contribution in [0.1, 0.15) is 16.7 Å². The van der Waals surface area contributed by atoms with E-state index >= 15 is 0 Å². The maximum absolute atomic E-state index is 13.0. The third kappa shape index (κ3) is 4.28. The average Bonchev–Trinajstić information content (AvgIpc) is 2.79. The zero-order chi connectivity index (χ0) is 20.7. The van der Waals surface area contributed by atoms with Gasteiger partial charge in [0, 0.05) is 5.56 Å². The smallest absolute Gasteiger partial charge is 0.281 e. The molecule has 1 amide bonds. The van der Waals surface area contributed by atoms with E-state index in [9.17, 15) is 9.90 Å². The Morgan fingerprint density at radius 2 is 1.52 bits per heavy atom. The molecule has 0 aliphatic carbocycles. The first-order chi connectivity index (χ1) is 14.1. The maximum Gasteiger partial charge on any atom is 0.281 e. The highest BCUT2D eigenvalue weighted by Crippen LogP contribution is 2.30. The van der Waals surface area contributed by atoms with Crippen LogP contribution < -0.4 is 14.9 Å². The number of aliphatic hydroxyl groups is 1. The molecule has 6 nitrogen and oxygen atoms in total. The number of ether oxygens (including phenoxy) is 2. The van der Waals surface area contributed by atoms with Gasteiger partial charge < -0.3 is 14.6 Å². The number of rotatable bonds is 7. The molecule has 0 fully saturated rings. The van der Waals surface area contributed by atoms with Crippen molar-refractivity contribution in [2.75, 3.05) is 14.2 Å². The van der Waals surface area contributed by atoms with Crippen molar-refractivity contribution in [3.63, 3.8) is 0 Å². The number of nitrogens with one attached hydrogen (secondary N) is 1. The van der Waals surface area contributed by atoms with Crippen LogP contribution in [0.4, 0.5) is 0 Å². The summed E-state index contributed by atoms with van der Waals surface area (Å²) in [4.78, 5) is 13.0. The number of methoxy groups -OCH3 is 2. The van der Waals surface area contributed by atoms with Gasteiger partial charge in [0.1, 0.15) is 11.5 Å². The van der Waals surface area contributed by atoms with Crippen molar-refractivity contribution in [2.45, 2.75) is 5.60 Å². The highest BCUT2D eigenvalue weighted by atomic mass is 16.5. The minimum atomic E-state index is -1.89. The molecule has 3 aromatic carbocycles. The van der Waals surface area contributed by atoms with Crippen molar-refractivity contribution in [1.29, 1.82) is 0 Å². The van der Waals surface area contributed by atoms with Crippen LogP contribution in [-0.2, 0) is 10.4 Å². The van der Waals surface area contributed by atoms with Gasteiger partial charge in [0.05, 0.1) is 20.4 Å². The molecule has 0 atom stereocenters. The van der Waals surface area contributed by atoms with E-state index in [1.807, 2.05) is 12.1 Å². The number of carbonyl (C=O) groups excluding carboxylic acids is 1. The standard InChI is InChI=1S/C23H22N2O4/c1-28-20-13-14-21(29-2)17(15-20)16-24-25-22(26)23(27,18-9-5-3-6-10-18)19-11-7-4-8-12-19/h3-16,27H,1-2H3,(H,25,26)/b24-16-. The van der Waals surface area contributed by atoms with Gasteiger partial charge in [0.15, 0.2) is 5.60 Å². The van der Waals surface area contributed by atoms with Crippen molar-refractivity contribution < 1.29 is 19.4 Å². The molecule has 2 N–H and O–H groups in total. The van der Waals surface area contributed by atoms with E-state index in [1.165, 1.54) is 6.21 Å². The van der Waals surface area contributed by atoms with E-state index in [0.717, 1.165) is 0 Å². The van der Waals surface area contributed by atoms with E-state index < -0.39 is 11.5 Å². The van der Waals surface area contributed by atoms with E-state index in [4.69, 9.17) is 9.47 Å². The average molecular weight is 390 g/mol. The lowest BCUT2D eigenvalue weighted by molar-refractivity contribution is -0.136. The lowest BCUT2D eigenvalue weighted by Crippen LogP contribution is -2.43. The van der Waals surface area contributed by atoms with E-state index in [-0.39, 0.29) is 0 Å². The minimum absolute atomic E-state index is 0.442. The maximum atomic E-state index is 13.0. The summed E-state index contributed by atoms with van der Waals surface area (Å²) in [5.41, 5.74) is 2.06. The van der Waals surface area contributed by atoms with Gasteiger partial charge in [-0.05, 0) is 29.3 Å². The summed E-state index contributed by atoms with van der Waals surface area (Å²) >= 11 is 0. The molecule has 0 aromatic heterocycles. The van der Waals surface area contributed by atoms with Crippen LogP contribution >= 0.6 is 0 Å². The first-order valence-electron chi connectivity index (χ1n) is 8.98. The first kappa shape index (κ1) is 20.1.